The molecule has 0 aliphatic carbocycles. The van der Waals surface area contributed by atoms with Crippen molar-refractivity contribution < 1.29 is 19.4 Å². The van der Waals surface area contributed by atoms with Crippen molar-refractivity contribution in [1.29, 1.82) is 0 Å². The molecule has 0 spiro atoms. The second-order valence-electron chi connectivity index (χ2n) is 7.33. The second kappa shape index (κ2) is 7.28. The number of nitrogens with one attached hydrogen (secondary N) is 1. The molecule has 9 heteroatoms. The highest BCUT2D eigenvalue weighted by molar-refractivity contribution is 7.20. The van der Waals surface area contributed by atoms with Gasteiger partial charge in [0, 0.05) is 17.9 Å². The van der Waals surface area contributed by atoms with Crippen LogP contribution < -0.4 is 14.8 Å². The molecular formula is C22H20N4O4S. The number of hydrogen-bond acceptors (Lipinski definition) is 7. The molecule has 158 valence electrons. The lowest BCUT2D eigenvalue weighted by atomic mass is 9.85. The molecule has 1 aliphatic rings. The fourth-order valence-electron chi connectivity index (χ4n) is 3.99. The van der Waals surface area contributed by atoms with E-state index in [9.17, 15) is 9.90 Å². The van der Waals surface area contributed by atoms with Gasteiger partial charge in [-0.1, -0.05) is 17.4 Å². The van der Waals surface area contributed by atoms with E-state index < -0.39 is 0 Å². The number of aromatic nitrogens is 3. The molecule has 0 bridgehead atoms. The van der Waals surface area contributed by atoms with Crippen molar-refractivity contribution in [3.05, 3.63) is 53.2 Å². The molecule has 1 aliphatic heterocycles. The van der Waals surface area contributed by atoms with Crippen LogP contribution >= 0.6 is 11.3 Å². The molecule has 1 amide bonds. The molecule has 3 heterocycles. The van der Waals surface area contributed by atoms with Crippen LogP contribution in [-0.4, -0.2) is 40.0 Å². The van der Waals surface area contributed by atoms with Crippen molar-refractivity contribution in [2.24, 2.45) is 0 Å². The number of phenolic OH excluding ortho intramolecular Hbond substituents is 1. The van der Waals surface area contributed by atoms with E-state index in [1.165, 1.54) is 18.4 Å². The minimum Gasteiger partial charge on any atom is -0.504 e. The third-order valence-electron chi connectivity index (χ3n) is 5.47. The van der Waals surface area contributed by atoms with Crippen LogP contribution in [0.2, 0.25) is 0 Å². The smallest absolute Gasteiger partial charge is 0.226 e. The highest BCUT2D eigenvalue weighted by Crippen LogP contribution is 2.43. The third-order valence-corrected chi connectivity index (χ3v) is 6.47. The number of anilines is 1. The van der Waals surface area contributed by atoms with Gasteiger partial charge in [-0.2, -0.15) is 9.78 Å². The number of methoxy groups -OCH3 is 2. The van der Waals surface area contributed by atoms with Crippen molar-refractivity contribution in [3.63, 3.8) is 0 Å². The van der Waals surface area contributed by atoms with Gasteiger partial charge in [-0.15, -0.1) is 0 Å². The summed E-state index contributed by atoms with van der Waals surface area (Å²) in [5.41, 5.74) is 3.46. The molecule has 0 fully saturated rings. The van der Waals surface area contributed by atoms with E-state index in [2.05, 4.69) is 5.32 Å². The van der Waals surface area contributed by atoms with Gasteiger partial charge in [0.1, 0.15) is 11.6 Å². The maximum atomic E-state index is 12.6. The zero-order chi connectivity index (χ0) is 21.7. The Balaban J connectivity index is 1.64. The first-order valence-electron chi connectivity index (χ1n) is 9.69. The van der Waals surface area contributed by atoms with E-state index in [1.54, 1.807) is 23.9 Å². The van der Waals surface area contributed by atoms with Gasteiger partial charge in [-0.25, -0.2) is 4.98 Å². The quantitative estimate of drug-likeness (QED) is 0.502. The van der Waals surface area contributed by atoms with E-state index in [0.29, 0.717) is 16.7 Å². The minimum absolute atomic E-state index is 0.0593. The molecule has 0 unspecified atom stereocenters. The lowest BCUT2D eigenvalue weighted by Gasteiger charge is -2.24. The van der Waals surface area contributed by atoms with E-state index in [0.717, 1.165) is 32.8 Å². The van der Waals surface area contributed by atoms with Crippen LogP contribution in [0.5, 0.6) is 17.2 Å². The van der Waals surface area contributed by atoms with Crippen LogP contribution in [0.15, 0.2) is 36.4 Å². The van der Waals surface area contributed by atoms with Gasteiger partial charge in [0.15, 0.2) is 11.5 Å². The lowest BCUT2D eigenvalue weighted by Crippen LogP contribution is -2.24. The molecule has 5 rings (SSSR count). The minimum atomic E-state index is -0.207. The molecule has 1 atom stereocenters. The molecule has 31 heavy (non-hydrogen) atoms. The number of aryl methyl sites for hydroxylation is 1. The summed E-state index contributed by atoms with van der Waals surface area (Å²) < 4.78 is 13.2. The number of thiazole rings is 1. The number of nitrogens with zero attached hydrogens (tertiary/aromatic N) is 3. The standard InChI is InChI=1S/C22H20N4O4S/c1-11-20-14(12-4-7-16(27)17(8-12)30-3)10-19(28)24-21(20)26(25-11)22-23-15-6-5-13(29-2)9-18(15)31-22/h4-9,14,27H,10H2,1-3H3,(H,24,28)/t14-/m1/s1. The average molecular weight is 436 g/mol. The van der Waals surface area contributed by atoms with E-state index in [-0.39, 0.29) is 24.0 Å². The van der Waals surface area contributed by atoms with Crippen LogP contribution in [-0.2, 0) is 4.79 Å². The molecule has 2 aromatic carbocycles. The SMILES string of the molecule is COc1ccc2nc(-n3nc(C)c4c3NC(=O)C[C@@H]4c3ccc(O)c(OC)c3)sc2c1. The highest BCUT2D eigenvalue weighted by atomic mass is 32.1. The van der Waals surface area contributed by atoms with Crippen molar-refractivity contribution in [3.8, 4) is 22.4 Å². The van der Waals surface area contributed by atoms with Gasteiger partial charge >= 0.3 is 0 Å². The first-order chi connectivity index (χ1) is 15.0. The fourth-order valence-corrected chi connectivity index (χ4v) is 4.94. The number of aromatic hydroxyl groups is 1. The molecule has 8 nitrogen and oxygen atoms in total. The van der Waals surface area contributed by atoms with Gasteiger partial charge in [-0.3, -0.25) is 4.79 Å². The van der Waals surface area contributed by atoms with Crippen LogP contribution in [0.1, 0.15) is 29.2 Å². The predicted molar refractivity (Wildman–Crippen MR) is 118 cm³/mol. The van der Waals surface area contributed by atoms with Gasteiger partial charge in [0.05, 0.1) is 30.1 Å². The topological polar surface area (TPSA) is 98.5 Å². The first kappa shape index (κ1) is 19.4. The number of hydrogen-bond donors (Lipinski definition) is 2. The van der Waals surface area contributed by atoms with Crippen LogP contribution in [0.25, 0.3) is 15.3 Å². The summed E-state index contributed by atoms with van der Waals surface area (Å²) in [6.45, 7) is 1.92. The molecular weight excluding hydrogens is 416 g/mol. The van der Waals surface area contributed by atoms with Crippen molar-refractivity contribution in [2.75, 3.05) is 19.5 Å². The van der Waals surface area contributed by atoms with Crippen molar-refractivity contribution in [1.82, 2.24) is 14.8 Å². The van der Waals surface area contributed by atoms with Gasteiger partial charge < -0.3 is 19.9 Å². The maximum absolute atomic E-state index is 12.6. The van der Waals surface area contributed by atoms with Crippen LogP contribution in [0.4, 0.5) is 5.82 Å². The lowest BCUT2D eigenvalue weighted by molar-refractivity contribution is -0.116. The Bertz CT molecular complexity index is 1330. The summed E-state index contributed by atoms with van der Waals surface area (Å²) in [5.74, 6) is 1.50. The van der Waals surface area contributed by atoms with Crippen LogP contribution in [0.3, 0.4) is 0 Å². The van der Waals surface area contributed by atoms with E-state index >= 15 is 0 Å². The Kier molecular flexibility index (Phi) is 4.55. The van der Waals surface area contributed by atoms with Crippen LogP contribution in [0, 0.1) is 6.92 Å². The summed E-state index contributed by atoms with van der Waals surface area (Å²) in [5, 5.41) is 18.3. The summed E-state index contributed by atoms with van der Waals surface area (Å²) in [6.07, 6.45) is 0.282. The zero-order valence-corrected chi connectivity index (χ0v) is 18.0. The number of amides is 1. The zero-order valence-electron chi connectivity index (χ0n) is 17.2. The number of rotatable bonds is 4. The van der Waals surface area contributed by atoms with Gasteiger partial charge in [-0.05, 0) is 42.8 Å². The number of carbonyl (C=O) groups is 1. The number of ether oxygens (including phenoxy) is 2. The molecule has 0 saturated heterocycles. The monoisotopic (exact) mass is 436 g/mol. The Morgan fingerprint density at radius 1 is 1.19 bits per heavy atom. The molecule has 4 aromatic rings. The molecule has 0 radical (unpaired) electrons. The Morgan fingerprint density at radius 2 is 2.03 bits per heavy atom. The molecule has 0 saturated carbocycles. The van der Waals surface area contributed by atoms with Gasteiger partial charge in [0.25, 0.3) is 0 Å². The number of benzene rings is 2. The third kappa shape index (κ3) is 3.17. The largest absolute Gasteiger partial charge is 0.504 e. The van der Waals surface area contributed by atoms with E-state index in [4.69, 9.17) is 19.6 Å². The maximum Gasteiger partial charge on any atom is 0.226 e. The Labute approximate surface area is 182 Å². The first-order valence-corrected chi connectivity index (χ1v) is 10.5. The number of carbonyl (C=O) groups excluding carboxylic acids is 1. The normalized spacial score (nSPS) is 15.6. The Morgan fingerprint density at radius 3 is 2.81 bits per heavy atom. The van der Waals surface area contributed by atoms with Crippen molar-refractivity contribution >= 4 is 33.3 Å². The van der Waals surface area contributed by atoms with Crippen molar-refractivity contribution in [2.45, 2.75) is 19.3 Å². The average Bonchev–Trinajstić information content (AvgIpc) is 3.33. The summed E-state index contributed by atoms with van der Waals surface area (Å²) >= 11 is 1.48. The van der Waals surface area contributed by atoms with E-state index in [1.807, 2.05) is 31.2 Å². The second-order valence-corrected chi connectivity index (χ2v) is 8.33. The predicted octanol–water partition coefficient (Wildman–Crippen LogP) is 3.99. The van der Waals surface area contributed by atoms with Gasteiger partial charge in [0.2, 0.25) is 11.0 Å². The molecule has 2 N–H and O–H groups in total. The summed E-state index contributed by atoms with van der Waals surface area (Å²) in [4.78, 5) is 17.3. The summed E-state index contributed by atoms with van der Waals surface area (Å²) in [7, 11) is 3.13. The Hall–Kier alpha value is -3.59. The highest BCUT2D eigenvalue weighted by Gasteiger charge is 2.33. The number of phenols is 1. The fraction of sp³-hybridized carbons (Fsp3) is 0.227. The molecule has 2 aromatic heterocycles. The number of fused-ring (bicyclic) bond motifs is 2. The summed E-state index contributed by atoms with van der Waals surface area (Å²) in [6, 6.07) is 10.9.